The number of hydrogen-bond donors (Lipinski definition) is 2. The highest BCUT2D eigenvalue weighted by Crippen LogP contribution is 2.28. The molecule has 1 aliphatic carbocycles. The molecule has 120 valence electrons. The second kappa shape index (κ2) is 6.75. The summed E-state index contributed by atoms with van der Waals surface area (Å²) in [6.07, 6.45) is 5.52. The van der Waals surface area contributed by atoms with Gasteiger partial charge in [-0.1, -0.05) is 12.8 Å². The number of carbonyl (C=O) groups is 2. The zero-order valence-corrected chi connectivity index (χ0v) is 13.7. The lowest BCUT2D eigenvalue weighted by atomic mass is 10.2. The predicted molar refractivity (Wildman–Crippen MR) is 85.8 cm³/mol. The Hall–Kier alpha value is -1.47. The van der Waals surface area contributed by atoms with Crippen LogP contribution in [-0.2, 0) is 22.6 Å². The van der Waals surface area contributed by atoms with Crippen LogP contribution in [-0.4, -0.2) is 40.8 Å². The molecule has 22 heavy (non-hydrogen) atoms. The van der Waals surface area contributed by atoms with E-state index in [1.807, 2.05) is 0 Å². The molecule has 0 bridgehead atoms. The molecule has 0 saturated heterocycles. The minimum Gasteiger partial charge on any atom is -0.352 e. The summed E-state index contributed by atoms with van der Waals surface area (Å²) in [7, 11) is 0. The summed E-state index contributed by atoms with van der Waals surface area (Å²) in [4.78, 5) is 31.0. The second-order valence-corrected chi connectivity index (χ2v) is 7.16. The van der Waals surface area contributed by atoms with Gasteiger partial charge in [-0.25, -0.2) is 4.98 Å². The van der Waals surface area contributed by atoms with Gasteiger partial charge in [0.1, 0.15) is 0 Å². The van der Waals surface area contributed by atoms with Crippen LogP contribution in [0, 0.1) is 0 Å². The molecule has 2 aliphatic rings. The van der Waals surface area contributed by atoms with Gasteiger partial charge in [0.25, 0.3) is 0 Å². The van der Waals surface area contributed by atoms with Gasteiger partial charge in [-0.2, -0.15) is 0 Å². The van der Waals surface area contributed by atoms with Crippen LogP contribution in [0.1, 0.15) is 43.2 Å². The largest absolute Gasteiger partial charge is 0.352 e. The van der Waals surface area contributed by atoms with Crippen molar-refractivity contribution in [2.75, 3.05) is 18.4 Å². The van der Waals surface area contributed by atoms with Gasteiger partial charge in [0.05, 0.1) is 12.2 Å². The highest BCUT2D eigenvalue weighted by molar-refractivity contribution is 7.15. The molecule has 2 N–H and O–H groups in total. The molecule has 2 amide bonds. The molecule has 0 radical (unpaired) electrons. The number of amides is 2. The number of aromatic nitrogens is 1. The fourth-order valence-corrected chi connectivity index (χ4v) is 4.23. The van der Waals surface area contributed by atoms with E-state index < -0.39 is 0 Å². The van der Waals surface area contributed by atoms with E-state index >= 15 is 0 Å². The lowest BCUT2D eigenvalue weighted by Crippen LogP contribution is -2.42. The van der Waals surface area contributed by atoms with Crippen molar-refractivity contribution in [3.63, 3.8) is 0 Å². The van der Waals surface area contributed by atoms with Crippen LogP contribution in [0.2, 0.25) is 0 Å². The molecule has 1 aliphatic heterocycles. The Bertz CT molecular complexity index is 566. The Morgan fingerprint density at radius 1 is 1.36 bits per heavy atom. The summed E-state index contributed by atoms with van der Waals surface area (Å²) in [5.74, 6) is 0.0286. The number of carbonyl (C=O) groups excluding carboxylic acids is 2. The number of thiazole rings is 1. The molecular formula is C15H22N4O2S. The number of rotatable bonds is 4. The third-order valence-electron chi connectivity index (χ3n) is 4.18. The number of fused-ring (bicyclic) bond motifs is 1. The van der Waals surface area contributed by atoms with Crippen molar-refractivity contribution in [1.29, 1.82) is 0 Å². The molecule has 1 aromatic rings. The first-order valence-corrected chi connectivity index (χ1v) is 8.69. The molecule has 2 heterocycles. The Balaban J connectivity index is 1.53. The minimum absolute atomic E-state index is 0.0982. The SMILES string of the molecule is CC(=O)Nc1nc2c(s1)CN(CC(=O)NC1CCCC1)CC2. The first-order valence-electron chi connectivity index (χ1n) is 7.88. The van der Waals surface area contributed by atoms with Crippen molar-refractivity contribution < 1.29 is 9.59 Å². The molecule has 0 spiro atoms. The zero-order valence-electron chi connectivity index (χ0n) is 12.9. The van der Waals surface area contributed by atoms with Gasteiger partial charge in [0.15, 0.2) is 5.13 Å². The highest BCUT2D eigenvalue weighted by atomic mass is 32.1. The number of nitrogens with one attached hydrogen (secondary N) is 2. The predicted octanol–water partition coefficient (Wildman–Crippen LogP) is 1.52. The maximum atomic E-state index is 12.1. The number of hydrogen-bond acceptors (Lipinski definition) is 5. The van der Waals surface area contributed by atoms with E-state index in [4.69, 9.17) is 0 Å². The van der Waals surface area contributed by atoms with E-state index in [1.165, 1.54) is 31.1 Å². The van der Waals surface area contributed by atoms with Crippen LogP contribution in [0.25, 0.3) is 0 Å². The van der Waals surface area contributed by atoms with Gasteiger partial charge >= 0.3 is 0 Å². The maximum absolute atomic E-state index is 12.1. The molecule has 0 aromatic carbocycles. The quantitative estimate of drug-likeness (QED) is 0.881. The van der Waals surface area contributed by atoms with Crippen molar-refractivity contribution in [1.82, 2.24) is 15.2 Å². The first-order chi connectivity index (χ1) is 10.6. The van der Waals surface area contributed by atoms with E-state index in [1.54, 1.807) is 0 Å². The van der Waals surface area contributed by atoms with Crippen LogP contribution in [0.4, 0.5) is 5.13 Å². The van der Waals surface area contributed by atoms with Crippen molar-refractivity contribution in [3.8, 4) is 0 Å². The molecule has 1 saturated carbocycles. The summed E-state index contributed by atoms with van der Waals surface area (Å²) in [6.45, 7) is 3.52. The third-order valence-corrected chi connectivity index (χ3v) is 5.18. The summed E-state index contributed by atoms with van der Waals surface area (Å²) in [5.41, 5.74) is 1.06. The third kappa shape index (κ3) is 3.84. The van der Waals surface area contributed by atoms with Gasteiger partial charge in [-0.05, 0) is 12.8 Å². The van der Waals surface area contributed by atoms with Gasteiger partial charge in [0.2, 0.25) is 11.8 Å². The van der Waals surface area contributed by atoms with E-state index in [-0.39, 0.29) is 11.8 Å². The smallest absolute Gasteiger partial charge is 0.234 e. The maximum Gasteiger partial charge on any atom is 0.234 e. The van der Waals surface area contributed by atoms with Crippen molar-refractivity contribution >= 4 is 28.3 Å². The van der Waals surface area contributed by atoms with Crippen LogP contribution in [0.3, 0.4) is 0 Å². The molecule has 3 rings (SSSR count). The monoisotopic (exact) mass is 322 g/mol. The van der Waals surface area contributed by atoms with Crippen molar-refractivity contribution in [2.45, 2.75) is 51.6 Å². The normalized spacial score (nSPS) is 19.0. The van der Waals surface area contributed by atoms with Crippen LogP contribution in [0.5, 0.6) is 0 Å². The zero-order chi connectivity index (χ0) is 15.5. The molecular weight excluding hydrogens is 300 g/mol. The molecule has 6 nitrogen and oxygen atoms in total. The van der Waals surface area contributed by atoms with E-state index in [2.05, 4.69) is 20.5 Å². The van der Waals surface area contributed by atoms with E-state index in [0.29, 0.717) is 17.7 Å². The molecule has 7 heteroatoms. The van der Waals surface area contributed by atoms with Crippen molar-refractivity contribution in [2.24, 2.45) is 0 Å². The van der Waals surface area contributed by atoms with Gasteiger partial charge in [0, 0.05) is 37.4 Å². The summed E-state index contributed by atoms with van der Waals surface area (Å²) < 4.78 is 0. The molecule has 0 unspecified atom stereocenters. The topological polar surface area (TPSA) is 74.3 Å². The summed E-state index contributed by atoms with van der Waals surface area (Å²) in [5, 5.41) is 6.53. The van der Waals surface area contributed by atoms with E-state index in [0.717, 1.165) is 42.9 Å². The average Bonchev–Trinajstić information content (AvgIpc) is 3.06. The van der Waals surface area contributed by atoms with Crippen molar-refractivity contribution in [3.05, 3.63) is 10.6 Å². The Labute approximate surface area is 134 Å². The first kappa shape index (κ1) is 15.4. The van der Waals surface area contributed by atoms with Gasteiger partial charge < -0.3 is 10.6 Å². The molecule has 1 aromatic heterocycles. The lowest BCUT2D eigenvalue weighted by Gasteiger charge is -2.25. The highest BCUT2D eigenvalue weighted by Gasteiger charge is 2.24. The lowest BCUT2D eigenvalue weighted by molar-refractivity contribution is -0.123. The summed E-state index contributed by atoms with van der Waals surface area (Å²) in [6, 6.07) is 0.377. The van der Waals surface area contributed by atoms with Gasteiger partial charge in [-0.3, -0.25) is 14.5 Å². The minimum atomic E-state index is -0.0982. The fraction of sp³-hybridized carbons (Fsp3) is 0.667. The Morgan fingerprint density at radius 3 is 2.86 bits per heavy atom. The molecule has 0 atom stereocenters. The number of nitrogens with zero attached hydrogens (tertiary/aromatic N) is 2. The van der Waals surface area contributed by atoms with Crippen LogP contribution in [0.15, 0.2) is 0 Å². The van der Waals surface area contributed by atoms with Crippen LogP contribution < -0.4 is 10.6 Å². The van der Waals surface area contributed by atoms with Gasteiger partial charge in [-0.15, -0.1) is 11.3 Å². The van der Waals surface area contributed by atoms with E-state index in [9.17, 15) is 9.59 Å². The average molecular weight is 322 g/mol. The second-order valence-electron chi connectivity index (χ2n) is 6.08. The van der Waals surface area contributed by atoms with Crippen LogP contribution >= 0.6 is 11.3 Å². The fourth-order valence-electron chi connectivity index (χ4n) is 3.13. The number of anilines is 1. The summed E-state index contributed by atoms with van der Waals surface area (Å²) >= 11 is 1.51. The Morgan fingerprint density at radius 2 is 2.14 bits per heavy atom. The Kier molecular flexibility index (Phi) is 4.73. The standard InChI is InChI=1S/C15H22N4O2S/c1-10(20)16-15-18-12-6-7-19(8-13(12)22-15)9-14(21)17-11-4-2-3-5-11/h11H,2-9H2,1H3,(H,17,21)(H,16,18,20). The molecule has 1 fully saturated rings.